The van der Waals surface area contributed by atoms with Gasteiger partial charge in [-0.1, -0.05) is 36.4 Å². The van der Waals surface area contributed by atoms with Gasteiger partial charge in [-0.15, -0.1) is 0 Å². The van der Waals surface area contributed by atoms with Gasteiger partial charge in [0, 0.05) is 0 Å². The van der Waals surface area contributed by atoms with E-state index in [1.54, 1.807) is 12.1 Å². The first kappa shape index (κ1) is 21.3. The molecule has 0 aromatic heterocycles. The molecule has 0 saturated carbocycles. The number of nitriles is 1. The normalized spacial score (nSPS) is 10.7. The van der Waals surface area contributed by atoms with Gasteiger partial charge in [-0.3, -0.25) is 4.79 Å². The molecule has 7 heteroatoms. The number of nitrogens with zero attached hydrogens (tertiary/aromatic N) is 2. The summed E-state index contributed by atoms with van der Waals surface area (Å²) in [5, 5.41) is 14.7. The molecule has 0 heterocycles. The molecule has 0 fully saturated rings. The van der Waals surface area contributed by atoms with Crippen LogP contribution in [0.5, 0.6) is 11.5 Å². The molecule has 3 aromatic rings. The van der Waals surface area contributed by atoms with E-state index in [1.165, 1.54) is 11.6 Å². The minimum atomic E-state index is -0.465. The highest BCUT2D eigenvalue weighted by Gasteiger charge is 2.12. The number of benzene rings is 3. The Morgan fingerprint density at radius 3 is 2.73 bits per heavy atom. The van der Waals surface area contributed by atoms with Crippen molar-refractivity contribution in [2.75, 3.05) is 6.61 Å². The zero-order chi connectivity index (χ0) is 21.3. The maximum absolute atomic E-state index is 11.3. The van der Waals surface area contributed by atoms with E-state index < -0.39 is 5.91 Å². The predicted molar refractivity (Wildman–Crippen MR) is 120 cm³/mol. The van der Waals surface area contributed by atoms with E-state index in [0.717, 1.165) is 10.9 Å². The number of ether oxygens (including phenoxy) is 2. The number of halogens is 1. The molecule has 0 radical (unpaired) electrons. The molecule has 0 bridgehead atoms. The van der Waals surface area contributed by atoms with Crippen molar-refractivity contribution >= 4 is 38.8 Å². The second-order valence-electron chi connectivity index (χ2n) is 6.36. The Bertz CT molecular complexity index is 1120. The molecular formula is C23H20BrN3O3. The molecule has 6 nitrogen and oxygen atoms in total. The summed E-state index contributed by atoms with van der Waals surface area (Å²) in [5.41, 5.74) is 4.06. The highest BCUT2D eigenvalue weighted by atomic mass is 79.9. The fourth-order valence-electron chi connectivity index (χ4n) is 2.84. The summed E-state index contributed by atoms with van der Waals surface area (Å²) in [6.45, 7) is 2.75. The van der Waals surface area contributed by atoms with Gasteiger partial charge in [-0.25, -0.2) is 5.43 Å². The molecule has 0 atom stereocenters. The van der Waals surface area contributed by atoms with Crippen molar-refractivity contribution in [3.8, 4) is 17.6 Å². The zero-order valence-electron chi connectivity index (χ0n) is 16.4. The highest BCUT2D eigenvalue weighted by Crippen LogP contribution is 2.37. The van der Waals surface area contributed by atoms with E-state index in [4.69, 9.17) is 14.7 Å². The first-order valence-electron chi connectivity index (χ1n) is 9.36. The van der Waals surface area contributed by atoms with E-state index in [9.17, 15) is 4.79 Å². The Morgan fingerprint density at radius 1 is 1.17 bits per heavy atom. The Morgan fingerprint density at radius 2 is 1.97 bits per heavy atom. The molecule has 0 spiro atoms. The van der Waals surface area contributed by atoms with E-state index in [2.05, 4.69) is 50.7 Å². The number of fused-ring (bicyclic) bond motifs is 1. The van der Waals surface area contributed by atoms with Crippen LogP contribution in [0.1, 0.15) is 24.5 Å². The topological polar surface area (TPSA) is 83.7 Å². The molecule has 3 rings (SSSR count). The van der Waals surface area contributed by atoms with Gasteiger partial charge in [0.1, 0.15) is 13.0 Å². The van der Waals surface area contributed by atoms with Gasteiger partial charge in [-0.05, 0) is 63.0 Å². The van der Waals surface area contributed by atoms with Gasteiger partial charge in [0.15, 0.2) is 11.5 Å². The quantitative estimate of drug-likeness (QED) is 0.377. The number of rotatable bonds is 8. The average molecular weight is 466 g/mol. The first-order chi connectivity index (χ1) is 14.6. The van der Waals surface area contributed by atoms with Crippen LogP contribution in [0.25, 0.3) is 10.8 Å². The third kappa shape index (κ3) is 5.58. The number of nitrogens with one attached hydrogen (secondary N) is 1. The van der Waals surface area contributed by atoms with Crippen molar-refractivity contribution in [2.24, 2.45) is 5.10 Å². The van der Waals surface area contributed by atoms with Crippen LogP contribution in [0.3, 0.4) is 0 Å². The van der Waals surface area contributed by atoms with Crippen LogP contribution in [-0.4, -0.2) is 18.7 Å². The Balaban J connectivity index is 1.76. The van der Waals surface area contributed by atoms with Gasteiger partial charge in [-0.2, -0.15) is 10.4 Å². The number of hydrogen-bond acceptors (Lipinski definition) is 5. The number of carbonyl (C=O) groups excluding carboxylic acids is 1. The van der Waals surface area contributed by atoms with Crippen LogP contribution >= 0.6 is 15.9 Å². The smallest absolute Gasteiger partial charge is 0.254 e. The van der Waals surface area contributed by atoms with Crippen molar-refractivity contribution < 1.29 is 14.3 Å². The fourth-order valence-corrected chi connectivity index (χ4v) is 3.41. The van der Waals surface area contributed by atoms with E-state index in [0.29, 0.717) is 34.7 Å². The van der Waals surface area contributed by atoms with Gasteiger partial charge in [0.25, 0.3) is 5.91 Å². The lowest BCUT2D eigenvalue weighted by Gasteiger charge is -2.15. The van der Waals surface area contributed by atoms with E-state index >= 15 is 0 Å². The van der Waals surface area contributed by atoms with Crippen LogP contribution in [0, 0.1) is 11.3 Å². The second-order valence-corrected chi connectivity index (χ2v) is 7.22. The van der Waals surface area contributed by atoms with Crippen molar-refractivity contribution in [2.45, 2.75) is 20.0 Å². The molecule has 0 saturated heterocycles. The Kier molecular flexibility index (Phi) is 7.41. The lowest BCUT2D eigenvalue weighted by Crippen LogP contribution is -2.16. The van der Waals surface area contributed by atoms with Crippen LogP contribution in [0.15, 0.2) is 64.2 Å². The van der Waals surface area contributed by atoms with Crippen LogP contribution in [0.4, 0.5) is 0 Å². The summed E-state index contributed by atoms with van der Waals surface area (Å²) in [4.78, 5) is 11.3. The number of hydrazone groups is 1. The lowest BCUT2D eigenvalue weighted by atomic mass is 10.1. The first-order valence-corrected chi connectivity index (χ1v) is 10.2. The van der Waals surface area contributed by atoms with Crippen molar-refractivity contribution in [3.63, 3.8) is 0 Å². The predicted octanol–water partition coefficient (Wildman–Crippen LogP) is 4.94. The van der Waals surface area contributed by atoms with Gasteiger partial charge in [0.2, 0.25) is 0 Å². The van der Waals surface area contributed by atoms with Gasteiger partial charge >= 0.3 is 0 Å². The molecule has 152 valence electrons. The molecule has 1 amide bonds. The zero-order valence-corrected chi connectivity index (χ0v) is 18.0. The summed E-state index contributed by atoms with van der Waals surface area (Å²) < 4.78 is 12.5. The minimum absolute atomic E-state index is 0.243. The van der Waals surface area contributed by atoms with Crippen molar-refractivity contribution in [1.29, 1.82) is 5.26 Å². The van der Waals surface area contributed by atoms with Gasteiger partial charge < -0.3 is 9.47 Å². The molecular weight excluding hydrogens is 446 g/mol. The highest BCUT2D eigenvalue weighted by molar-refractivity contribution is 9.10. The van der Waals surface area contributed by atoms with E-state index in [1.807, 2.05) is 31.2 Å². The van der Waals surface area contributed by atoms with E-state index in [-0.39, 0.29) is 6.42 Å². The van der Waals surface area contributed by atoms with Gasteiger partial charge in [0.05, 0.1) is 23.4 Å². The van der Waals surface area contributed by atoms with Crippen LogP contribution in [0.2, 0.25) is 0 Å². The molecule has 0 aliphatic rings. The summed E-state index contributed by atoms with van der Waals surface area (Å²) in [6, 6.07) is 19.8. The number of amides is 1. The molecule has 0 aliphatic heterocycles. The third-order valence-electron chi connectivity index (χ3n) is 4.17. The monoisotopic (exact) mass is 465 g/mol. The molecule has 1 N–H and O–H groups in total. The second kappa shape index (κ2) is 10.4. The lowest BCUT2D eigenvalue weighted by molar-refractivity contribution is -0.120. The van der Waals surface area contributed by atoms with Crippen molar-refractivity contribution in [1.82, 2.24) is 5.43 Å². The maximum atomic E-state index is 11.3. The summed E-state index contributed by atoms with van der Waals surface area (Å²) >= 11 is 3.53. The Hall–Kier alpha value is -3.37. The number of hydrogen-bond donors (Lipinski definition) is 1. The Labute approximate surface area is 183 Å². The van der Waals surface area contributed by atoms with Crippen LogP contribution in [-0.2, 0) is 11.4 Å². The summed E-state index contributed by atoms with van der Waals surface area (Å²) in [7, 11) is 0. The average Bonchev–Trinajstić information content (AvgIpc) is 2.73. The molecule has 30 heavy (non-hydrogen) atoms. The summed E-state index contributed by atoms with van der Waals surface area (Å²) in [5.74, 6) is 0.696. The summed E-state index contributed by atoms with van der Waals surface area (Å²) in [6.07, 6.45) is 1.24. The molecule has 0 unspecified atom stereocenters. The molecule has 3 aromatic carbocycles. The third-order valence-corrected chi connectivity index (χ3v) is 4.76. The standard InChI is InChI=1S/C23H20BrN3O3/c1-2-29-21-13-17(14-26-27-22(28)9-10-25)12-20(24)23(21)30-15-16-7-8-18-5-3-4-6-19(18)11-16/h3-8,11-14H,2,9,15H2,1H3,(H,27,28). The maximum Gasteiger partial charge on any atom is 0.254 e. The van der Waals surface area contributed by atoms with Crippen molar-refractivity contribution in [3.05, 3.63) is 70.2 Å². The largest absolute Gasteiger partial charge is 0.490 e. The number of carbonyl (C=O) groups is 1. The van der Waals surface area contributed by atoms with Crippen LogP contribution < -0.4 is 14.9 Å². The molecule has 0 aliphatic carbocycles. The SMILES string of the molecule is CCOc1cc(C=NNC(=O)CC#N)cc(Br)c1OCc1ccc2ccccc2c1. The minimum Gasteiger partial charge on any atom is -0.490 e. The fraction of sp³-hybridized carbons (Fsp3) is 0.174.